The summed E-state index contributed by atoms with van der Waals surface area (Å²) in [6.07, 6.45) is -7.67. The normalized spacial score (nSPS) is 14.3. The predicted molar refractivity (Wildman–Crippen MR) is 148 cm³/mol. The molecule has 9 nitrogen and oxygen atoms in total. The van der Waals surface area contributed by atoms with Crippen LogP contribution in [0, 0.1) is 11.7 Å². The molecule has 0 aliphatic carbocycles. The standard InChI is InChI=1S/C27H23F6N7O2S/c1-15-19(7-8-22-21(15)13-38-40(22)14-25(41,26(28,29)30)27(31,32)33)24-20-11-23(37-12-16(20)9-10-36-24)39-17-3-5-18(6-4-17)43(34,42)35-2/h3-13,41H,14H2,1-2H3,(H,37,39)(H2,34,35,42). The van der Waals surface area contributed by atoms with Crippen LogP contribution in [-0.4, -0.2) is 54.1 Å². The minimum atomic E-state index is -5.98. The van der Waals surface area contributed by atoms with Crippen LogP contribution in [0.1, 0.15) is 5.56 Å². The number of benzene rings is 2. The Bertz CT molecular complexity index is 1920. The first-order chi connectivity index (χ1) is 20.1. The molecule has 5 rings (SSSR count). The van der Waals surface area contributed by atoms with Crippen LogP contribution < -0.4 is 10.0 Å². The Morgan fingerprint density at radius 3 is 2.26 bits per heavy atom. The fourth-order valence-corrected chi connectivity index (χ4v) is 5.33. The number of aryl methyl sites for hydroxylation is 1. The van der Waals surface area contributed by atoms with E-state index in [0.29, 0.717) is 48.7 Å². The van der Waals surface area contributed by atoms with Crippen LogP contribution in [0.5, 0.6) is 0 Å². The molecule has 16 heteroatoms. The van der Waals surface area contributed by atoms with Crippen molar-refractivity contribution in [2.45, 2.75) is 36.3 Å². The number of pyridine rings is 2. The van der Waals surface area contributed by atoms with E-state index in [0.717, 1.165) is 6.20 Å². The second-order valence-corrected chi connectivity index (χ2v) is 11.7. The van der Waals surface area contributed by atoms with Crippen molar-refractivity contribution in [1.29, 1.82) is 4.78 Å². The molecule has 0 bridgehead atoms. The van der Waals surface area contributed by atoms with E-state index >= 15 is 0 Å². The van der Waals surface area contributed by atoms with Gasteiger partial charge in [-0.1, -0.05) is 6.07 Å². The van der Waals surface area contributed by atoms with Crippen molar-refractivity contribution in [1.82, 2.24) is 24.5 Å². The second-order valence-electron chi connectivity index (χ2n) is 9.69. The van der Waals surface area contributed by atoms with E-state index in [4.69, 9.17) is 4.78 Å². The number of fused-ring (bicyclic) bond motifs is 2. The summed E-state index contributed by atoms with van der Waals surface area (Å²) in [4.78, 5) is 9.20. The minimum absolute atomic E-state index is 0.0317. The van der Waals surface area contributed by atoms with Crippen molar-refractivity contribution in [2.24, 2.45) is 0 Å². The van der Waals surface area contributed by atoms with E-state index in [1.54, 1.807) is 55.7 Å². The second kappa shape index (κ2) is 10.5. The lowest BCUT2D eigenvalue weighted by Crippen LogP contribution is -2.59. The summed E-state index contributed by atoms with van der Waals surface area (Å²) in [7, 11) is -1.68. The molecule has 0 fully saturated rings. The van der Waals surface area contributed by atoms with Crippen LogP contribution in [0.4, 0.5) is 37.8 Å². The Balaban J connectivity index is 1.52. The molecule has 4 N–H and O–H groups in total. The maximum atomic E-state index is 13.3. The van der Waals surface area contributed by atoms with E-state index in [9.17, 15) is 35.7 Å². The van der Waals surface area contributed by atoms with Gasteiger partial charge in [-0.2, -0.15) is 31.4 Å². The first-order valence-corrected chi connectivity index (χ1v) is 14.0. The van der Waals surface area contributed by atoms with Crippen LogP contribution in [0.15, 0.2) is 72.0 Å². The van der Waals surface area contributed by atoms with Gasteiger partial charge in [-0.15, -0.1) is 0 Å². The third kappa shape index (κ3) is 5.36. The highest BCUT2D eigenvalue weighted by Gasteiger charge is 2.70. The molecule has 0 spiro atoms. The van der Waals surface area contributed by atoms with Crippen LogP contribution in [-0.2, 0) is 16.5 Å². The lowest BCUT2D eigenvalue weighted by atomic mass is 9.98. The van der Waals surface area contributed by atoms with Crippen molar-refractivity contribution in [3.8, 4) is 11.3 Å². The SMILES string of the molecule is CNS(=N)(=O)c1ccc(Nc2cc3c(-c4ccc5c(cnn5CC(O)(C(F)(F)F)C(F)(F)F)c4C)nccc3cn2)cc1. The molecular weight excluding hydrogens is 600 g/mol. The molecule has 3 heterocycles. The number of anilines is 2. The largest absolute Gasteiger partial charge is 0.428 e. The molecule has 226 valence electrons. The molecular formula is C27H23F6N7O2S. The molecule has 1 atom stereocenters. The third-order valence-electron chi connectivity index (χ3n) is 7.06. The van der Waals surface area contributed by atoms with Gasteiger partial charge in [0.15, 0.2) is 0 Å². The summed E-state index contributed by atoms with van der Waals surface area (Å²) in [5.41, 5.74) is -2.89. The van der Waals surface area contributed by atoms with Crippen LogP contribution in [0.2, 0.25) is 0 Å². The quantitative estimate of drug-likeness (QED) is 0.162. The molecule has 1 unspecified atom stereocenters. The fourth-order valence-electron chi connectivity index (χ4n) is 4.58. The molecule has 0 saturated carbocycles. The van der Waals surface area contributed by atoms with Crippen molar-refractivity contribution in [2.75, 3.05) is 12.4 Å². The molecule has 0 aliphatic heterocycles. The van der Waals surface area contributed by atoms with Gasteiger partial charge in [0.1, 0.15) is 15.7 Å². The maximum Gasteiger partial charge on any atom is 0.428 e. The van der Waals surface area contributed by atoms with Crippen molar-refractivity contribution < 1.29 is 35.7 Å². The molecule has 2 aromatic carbocycles. The number of hydrogen-bond donors (Lipinski definition) is 4. The highest BCUT2D eigenvalue weighted by Crippen LogP contribution is 2.44. The zero-order valence-corrected chi connectivity index (χ0v) is 23.2. The number of aromatic nitrogens is 4. The number of aliphatic hydroxyl groups is 1. The lowest BCUT2D eigenvalue weighted by molar-refractivity contribution is -0.372. The van der Waals surface area contributed by atoms with Gasteiger partial charge in [-0.3, -0.25) is 9.67 Å². The Morgan fingerprint density at radius 1 is 0.953 bits per heavy atom. The minimum Gasteiger partial charge on any atom is -0.372 e. The number of rotatable bonds is 7. The number of halogens is 6. The molecule has 0 amide bonds. The Kier molecular flexibility index (Phi) is 7.35. The van der Waals surface area contributed by atoms with Crippen molar-refractivity contribution in [3.63, 3.8) is 0 Å². The maximum absolute atomic E-state index is 13.3. The highest BCUT2D eigenvalue weighted by atomic mass is 32.2. The Labute approximate surface area is 240 Å². The monoisotopic (exact) mass is 623 g/mol. The fraction of sp³-hybridized carbons (Fsp3) is 0.222. The van der Waals surface area contributed by atoms with Gasteiger partial charge in [0, 0.05) is 39.8 Å². The van der Waals surface area contributed by atoms with Crippen molar-refractivity contribution in [3.05, 3.63) is 72.7 Å². The molecule has 5 aromatic rings. The number of hydrogen-bond acceptors (Lipinski definition) is 7. The van der Waals surface area contributed by atoms with Gasteiger partial charge in [-0.25, -0.2) is 18.7 Å². The topological polar surface area (TPSA) is 129 Å². The molecule has 3 aromatic heterocycles. The Morgan fingerprint density at radius 2 is 1.63 bits per heavy atom. The smallest absolute Gasteiger partial charge is 0.372 e. The third-order valence-corrected chi connectivity index (χ3v) is 8.57. The predicted octanol–water partition coefficient (Wildman–Crippen LogP) is 6.09. The molecule has 0 saturated heterocycles. The Hall–Kier alpha value is -4.28. The highest BCUT2D eigenvalue weighted by molar-refractivity contribution is 7.90. The zero-order valence-electron chi connectivity index (χ0n) is 22.4. The van der Waals surface area contributed by atoms with Gasteiger partial charge >= 0.3 is 12.4 Å². The molecule has 0 radical (unpaired) electrons. The van der Waals surface area contributed by atoms with E-state index < -0.39 is 34.4 Å². The summed E-state index contributed by atoms with van der Waals surface area (Å²) in [6, 6.07) is 12.7. The van der Waals surface area contributed by atoms with E-state index in [1.165, 1.54) is 19.2 Å². The van der Waals surface area contributed by atoms with Crippen molar-refractivity contribution >= 4 is 43.1 Å². The first-order valence-electron chi connectivity index (χ1n) is 12.5. The van der Waals surface area contributed by atoms with Gasteiger partial charge in [0.2, 0.25) is 0 Å². The molecule has 0 aliphatic rings. The summed E-state index contributed by atoms with van der Waals surface area (Å²) in [5, 5.41) is 18.2. The van der Waals surface area contributed by atoms with Gasteiger partial charge in [0.25, 0.3) is 5.60 Å². The van der Waals surface area contributed by atoms with Gasteiger partial charge < -0.3 is 10.4 Å². The van der Waals surface area contributed by atoms with E-state index in [1.807, 2.05) is 0 Å². The summed E-state index contributed by atoms with van der Waals surface area (Å²) < 4.78 is 103. The average Bonchev–Trinajstić information content (AvgIpc) is 3.35. The van der Waals surface area contributed by atoms with E-state index in [2.05, 4.69) is 25.1 Å². The number of nitrogens with one attached hydrogen (secondary N) is 3. The van der Waals surface area contributed by atoms with Crippen LogP contribution in [0.25, 0.3) is 32.9 Å². The zero-order chi connectivity index (χ0) is 31.4. The summed E-state index contributed by atoms with van der Waals surface area (Å²) in [5.74, 6) is 0.430. The summed E-state index contributed by atoms with van der Waals surface area (Å²) >= 11 is 0. The van der Waals surface area contributed by atoms with Gasteiger partial charge in [0.05, 0.1) is 28.8 Å². The lowest BCUT2D eigenvalue weighted by Gasteiger charge is -2.32. The summed E-state index contributed by atoms with van der Waals surface area (Å²) in [6.45, 7) is -0.230. The average molecular weight is 624 g/mol. The van der Waals surface area contributed by atoms with E-state index in [-0.39, 0.29) is 10.9 Å². The van der Waals surface area contributed by atoms with Crippen LogP contribution >= 0.6 is 0 Å². The number of nitrogens with zero attached hydrogens (tertiary/aromatic N) is 4. The number of alkyl halides is 6. The first kappa shape index (κ1) is 30.2. The van der Waals surface area contributed by atoms with Crippen LogP contribution in [0.3, 0.4) is 0 Å². The molecule has 43 heavy (non-hydrogen) atoms. The van der Waals surface area contributed by atoms with Gasteiger partial charge in [-0.05, 0) is 62.0 Å².